The van der Waals surface area contributed by atoms with Gasteiger partial charge in [0.25, 0.3) is 0 Å². The molecule has 0 aromatic rings. The van der Waals surface area contributed by atoms with Gasteiger partial charge in [0.15, 0.2) is 5.84 Å². The van der Waals surface area contributed by atoms with Gasteiger partial charge in [0, 0.05) is 0 Å². The standard InChI is InChI=1S/C13H23N3O3/c1-9-7-10(8-19-9)11(17)15-13(12(14)16-18)5-3-2-4-6-13/h9-10,18H,2-8H2,1H3,(H2,14,16)(H,15,17). The molecule has 1 saturated heterocycles. The summed E-state index contributed by atoms with van der Waals surface area (Å²) in [5.41, 5.74) is 5.14. The molecule has 0 aromatic heterocycles. The normalized spacial score (nSPS) is 31.1. The Morgan fingerprint density at radius 2 is 2.11 bits per heavy atom. The molecule has 2 fully saturated rings. The SMILES string of the molecule is CC1CC(C(=O)NC2(C(N)=NO)CCCCC2)CO1. The third-order valence-corrected chi connectivity index (χ3v) is 4.24. The minimum atomic E-state index is -0.671. The summed E-state index contributed by atoms with van der Waals surface area (Å²) in [6, 6.07) is 0. The molecule has 2 rings (SSSR count). The summed E-state index contributed by atoms with van der Waals surface area (Å²) in [5, 5.41) is 15.1. The molecule has 0 spiro atoms. The molecule has 0 aromatic carbocycles. The fourth-order valence-corrected chi connectivity index (χ4v) is 3.03. The van der Waals surface area contributed by atoms with Gasteiger partial charge in [-0.2, -0.15) is 0 Å². The number of nitrogens with one attached hydrogen (secondary N) is 1. The van der Waals surface area contributed by atoms with E-state index in [1.807, 2.05) is 6.92 Å². The lowest BCUT2D eigenvalue weighted by Gasteiger charge is -2.37. The average molecular weight is 269 g/mol. The van der Waals surface area contributed by atoms with Crippen LogP contribution in [0.1, 0.15) is 45.4 Å². The van der Waals surface area contributed by atoms with Crippen molar-refractivity contribution in [3.8, 4) is 0 Å². The van der Waals surface area contributed by atoms with Crippen LogP contribution in [0, 0.1) is 5.92 Å². The first-order valence-corrected chi connectivity index (χ1v) is 6.99. The van der Waals surface area contributed by atoms with Gasteiger partial charge in [-0.05, 0) is 26.2 Å². The van der Waals surface area contributed by atoms with E-state index in [1.54, 1.807) is 0 Å². The van der Waals surface area contributed by atoms with E-state index in [9.17, 15) is 4.79 Å². The van der Waals surface area contributed by atoms with Crippen LogP contribution < -0.4 is 11.1 Å². The van der Waals surface area contributed by atoms with Gasteiger partial charge in [0.2, 0.25) is 5.91 Å². The summed E-state index contributed by atoms with van der Waals surface area (Å²) in [6.07, 6.45) is 5.41. The topological polar surface area (TPSA) is 96.9 Å². The molecule has 0 bridgehead atoms. The first kappa shape index (κ1) is 14.1. The Morgan fingerprint density at radius 3 is 2.63 bits per heavy atom. The van der Waals surface area contributed by atoms with Crippen molar-refractivity contribution in [3.05, 3.63) is 0 Å². The van der Waals surface area contributed by atoms with E-state index in [-0.39, 0.29) is 23.8 Å². The first-order valence-electron chi connectivity index (χ1n) is 6.99. The highest BCUT2D eigenvalue weighted by molar-refractivity contribution is 5.94. The number of amidine groups is 1. The van der Waals surface area contributed by atoms with Gasteiger partial charge in [0.1, 0.15) is 5.54 Å². The highest BCUT2D eigenvalue weighted by Crippen LogP contribution is 2.30. The van der Waals surface area contributed by atoms with Crippen LogP contribution in [0.4, 0.5) is 0 Å². The molecule has 2 unspecified atom stereocenters. The van der Waals surface area contributed by atoms with Crippen molar-refractivity contribution in [2.45, 2.75) is 57.1 Å². The monoisotopic (exact) mass is 269 g/mol. The molecular formula is C13H23N3O3. The second-order valence-corrected chi connectivity index (χ2v) is 5.69. The molecule has 4 N–H and O–H groups in total. The maximum absolute atomic E-state index is 12.3. The quantitative estimate of drug-likeness (QED) is 0.308. The van der Waals surface area contributed by atoms with Crippen LogP contribution in [0.25, 0.3) is 0 Å². The maximum atomic E-state index is 12.3. The first-order chi connectivity index (χ1) is 9.07. The minimum absolute atomic E-state index is 0.0437. The van der Waals surface area contributed by atoms with E-state index >= 15 is 0 Å². The van der Waals surface area contributed by atoms with Crippen LogP contribution in [0.5, 0.6) is 0 Å². The van der Waals surface area contributed by atoms with Gasteiger partial charge >= 0.3 is 0 Å². The second-order valence-electron chi connectivity index (χ2n) is 5.69. The van der Waals surface area contributed by atoms with E-state index in [4.69, 9.17) is 15.7 Å². The Morgan fingerprint density at radius 1 is 1.42 bits per heavy atom. The predicted octanol–water partition coefficient (Wildman–Crippen LogP) is 0.977. The number of rotatable bonds is 3. The van der Waals surface area contributed by atoms with Crippen LogP contribution in [-0.4, -0.2) is 35.2 Å². The lowest BCUT2D eigenvalue weighted by atomic mass is 9.80. The van der Waals surface area contributed by atoms with Crippen molar-refractivity contribution >= 4 is 11.7 Å². The Kier molecular flexibility index (Phi) is 4.29. The molecule has 6 nitrogen and oxygen atoms in total. The zero-order valence-electron chi connectivity index (χ0n) is 11.4. The van der Waals surface area contributed by atoms with Gasteiger partial charge in [-0.3, -0.25) is 4.79 Å². The number of carbonyl (C=O) groups excluding carboxylic acids is 1. The Balaban J connectivity index is 2.05. The zero-order chi connectivity index (χ0) is 13.9. The number of ether oxygens (including phenoxy) is 1. The Labute approximate surface area is 113 Å². The third-order valence-electron chi connectivity index (χ3n) is 4.24. The Bertz CT molecular complexity index is 364. The summed E-state index contributed by atoms with van der Waals surface area (Å²) < 4.78 is 5.42. The van der Waals surface area contributed by atoms with E-state index in [2.05, 4.69) is 10.5 Å². The zero-order valence-corrected chi connectivity index (χ0v) is 11.4. The number of nitrogens with two attached hydrogens (primary N) is 1. The van der Waals surface area contributed by atoms with Crippen molar-refractivity contribution < 1.29 is 14.7 Å². The lowest BCUT2D eigenvalue weighted by Crippen LogP contribution is -2.59. The number of hydrogen-bond donors (Lipinski definition) is 3. The minimum Gasteiger partial charge on any atom is -0.409 e. The smallest absolute Gasteiger partial charge is 0.226 e. The largest absolute Gasteiger partial charge is 0.409 e. The molecule has 1 aliphatic carbocycles. The summed E-state index contributed by atoms with van der Waals surface area (Å²) in [5.74, 6) is -0.0503. The van der Waals surface area contributed by atoms with Crippen LogP contribution in [0.2, 0.25) is 0 Å². The van der Waals surface area contributed by atoms with Crippen molar-refractivity contribution in [2.75, 3.05) is 6.61 Å². The second kappa shape index (κ2) is 5.77. The van der Waals surface area contributed by atoms with Crippen molar-refractivity contribution in [3.63, 3.8) is 0 Å². The molecule has 0 radical (unpaired) electrons. The predicted molar refractivity (Wildman–Crippen MR) is 70.9 cm³/mol. The fraction of sp³-hybridized carbons (Fsp3) is 0.846. The fourth-order valence-electron chi connectivity index (χ4n) is 3.03. The van der Waals surface area contributed by atoms with Gasteiger partial charge < -0.3 is 21.0 Å². The van der Waals surface area contributed by atoms with Gasteiger partial charge in [-0.25, -0.2) is 0 Å². The highest BCUT2D eigenvalue weighted by Gasteiger charge is 2.40. The third kappa shape index (κ3) is 3.00. The molecule has 2 aliphatic rings. The summed E-state index contributed by atoms with van der Waals surface area (Å²) in [6.45, 7) is 2.42. The molecule has 1 saturated carbocycles. The van der Waals surface area contributed by atoms with Gasteiger partial charge in [0.05, 0.1) is 18.6 Å². The van der Waals surface area contributed by atoms with E-state index < -0.39 is 5.54 Å². The number of oxime groups is 1. The van der Waals surface area contributed by atoms with Gasteiger partial charge in [-0.1, -0.05) is 24.4 Å². The molecule has 1 amide bonds. The summed E-state index contributed by atoms with van der Waals surface area (Å²) >= 11 is 0. The van der Waals surface area contributed by atoms with E-state index in [0.29, 0.717) is 6.61 Å². The molecule has 19 heavy (non-hydrogen) atoms. The number of hydrogen-bond acceptors (Lipinski definition) is 4. The molecule has 2 atom stereocenters. The maximum Gasteiger partial charge on any atom is 0.226 e. The van der Waals surface area contributed by atoms with E-state index in [0.717, 1.165) is 38.5 Å². The van der Waals surface area contributed by atoms with Crippen molar-refractivity contribution in [1.82, 2.24) is 5.32 Å². The molecule has 1 aliphatic heterocycles. The van der Waals surface area contributed by atoms with Crippen LogP contribution >= 0.6 is 0 Å². The van der Waals surface area contributed by atoms with Crippen LogP contribution in [0.3, 0.4) is 0 Å². The Hall–Kier alpha value is -1.30. The number of nitrogens with zero attached hydrogens (tertiary/aromatic N) is 1. The number of carbonyl (C=O) groups is 1. The van der Waals surface area contributed by atoms with E-state index in [1.165, 1.54) is 0 Å². The van der Waals surface area contributed by atoms with Crippen LogP contribution in [0.15, 0.2) is 5.16 Å². The molecular weight excluding hydrogens is 246 g/mol. The van der Waals surface area contributed by atoms with Gasteiger partial charge in [-0.15, -0.1) is 0 Å². The molecule has 108 valence electrons. The molecule has 1 heterocycles. The molecule has 6 heteroatoms. The van der Waals surface area contributed by atoms with Crippen LogP contribution in [-0.2, 0) is 9.53 Å². The van der Waals surface area contributed by atoms with Crippen molar-refractivity contribution in [1.29, 1.82) is 0 Å². The number of amides is 1. The van der Waals surface area contributed by atoms with Crippen molar-refractivity contribution in [2.24, 2.45) is 16.8 Å². The lowest BCUT2D eigenvalue weighted by molar-refractivity contribution is -0.126. The highest BCUT2D eigenvalue weighted by atomic mass is 16.5. The summed E-state index contributed by atoms with van der Waals surface area (Å²) in [4.78, 5) is 12.3. The average Bonchev–Trinajstić information content (AvgIpc) is 2.85. The summed E-state index contributed by atoms with van der Waals surface area (Å²) in [7, 11) is 0.